The van der Waals surface area contributed by atoms with E-state index in [0.29, 0.717) is 19.2 Å². The van der Waals surface area contributed by atoms with Crippen LogP contribution in [0.1, 0.15) is 22.6 Å². The molecule has 1 heterocycles. The second-order valence-electron chi connectivity index (χ2n) is 5.96. The number of hydrogen-bond donors (Lipinski definition) is 5. The van der Waals surface area contributed by atoms with Crippen LogP contribution in [0.3, 0.4) is 0 Å². The molecule has 0 aromatic heterocycles. The summed E-state index contributed by atoms with van der Waals surface area (Å²) in [4.78, 5) is 0. The minimum Gasteiger partial charge on any atom is -0.508 e. The molecular formula is C17H22ClNO7S. The van der Waals surface area contributed by atoms with E-state index in [9.17, 15) is 23.7 Å². The number of phenolic OH excluding ortho intramolecular Hbond substituents is 3. The van der Waals surface area contributed by atoms with Gasteiger partial charge in [-0.25, -0.2) is 0 Å². The summed E-state index contributed by atoms with van der Waals surface area (Å²) in [5, 5.41) is 32.7. The van der Waals surface area contributed by atoms with Gasteiger partial charge in [-0.05, 0) is 47.9 Å². The van der Waals surface area contributed by atoms with Crippen molar-refractivity contribution in [3.05, 3.63) is 52.0 Å². The zero-order valence-corrected chi connectivity index (χ0v) is 16.0. The van der Waals surface area contributed by atoms with Gasteiger partial charge in [-0.15, -0.1) is 0 Å². The van der Waals surface area contributed by atoms with Crippen molar-refractivity contribution in [3.63, 3.8) is 0 Å². The predicted octanol–water partition coefficient (Wildman–Crippen LogP) is 1.41. The van der Waals surface area contributed by atoms with Crippen molar-refractivity contribution in [2.75, 3.05) is 19.3 Å². The highest BCUT2D eigenvalue weighted by molar-refractivity contribution is 7.85. The van der Waals surface area contributed by atoms with E-state index in [1.165, 1.54) is 0 Å². The van der Waals surface area contributed by atoms with E-state index in [0.717, 1.165) is 23.2 Å². The Bertz CT molecular complexity index is 877. The zero-order valence-electron chi connectivity index (χ0n) is 14.5. The summed E-state index contributed by atoms with van der Waals surface area (Å²) in [6.07, 6.45) is 1.41. The molecule has 0 amide bonds. The van der Waals surface area contributed by atoms with Gasteiger partial charge in [-0.3, -0.25) is 4.55 Å². The van der Waals surface area contributed by atoms with Gasteiger partial charge < -0.3 is 26.1 Å². The quantitative estimate of drug-likeness (QED) is 0.345. The second kappa shape index (κ2) is 9.25. The molecule has 0 saturated heterocycles. The highest BCUT2D eigenvalue weighted by atomic mass is 35.5. The molecule has 2 aromatic rings. The number of aromatic hydroxyl groups is 3. The van der Waals surface area contributed by atoms with Crippen molar-refractivity contribution >= 4 is 21.7 Å². The summed E-state index contributed by atoms with van der Waals surface area (Å²) in [5.74, 6) is -0.245. The molecular weight excluding hydrogens is 398 g/mol. The summed E-state index contributed by atoms with van der Waals surface area (Å²) >= 11 is 6.19. The van der Waals surface area contributed by atoms with Crippen LogP contribution in [0.15, 0.2) is 30.3 Å². The lowest BCUT2D eigenvalue weighted by molar-refractivity contribution is 0.402. The number of benzene rings is 2. The first-order valence-corrected chi connectivity index (χ1v) is 9.96. The second-order valence-corrected chi connectivity index (χ2v) is 7.80. The maximum Gasteiger partial charge on any atom is 0.261 e. The van der Waals surface area contributed by atoms with Crippen molar-refractivity contribution in [2.24, 2.45) is 0 Å². The summed E-state index contributed by atoms with van der Waals surface area (Å²) in [5.41, 5.74) is 2.78. The summed E-state index contributed by atoms with van der Waals surface area (Å²) in [6.45, 7) is 1.46. The van der Waals surface area contributed by atoms with Crippen LogP contribution in [0.25, 0.3) is 0 Å². The molecule has 8 nitrogen and oxygen atoms in total. The lowest BCUT2D eigenvalue weighted by Crippen LogP contribution is -2.20. The van der Waals surface area contributed by atoms with Gasteiger partial charge >= 0.3 is 0 Å². The molecule has 0 saturated carbocycles. The summed E-state index contributed by atoms with van der Waals surface area (Å²) < 4.78 is 25.9. The number of hydrogen-bond acceptors (Lipinski definition) is 6. The molecule has 1 aliphatic heterocycles. The van der Waals surface area contributed by atoms with Crippen LogP contribution in [0.5, 0.6) is 17.2 Å². The standard InChI is InChI=1S/C16H16ClNO3.CH4O3S.H2O/c17-15-11-5-6-18-8-13(9-1-3-10(19)4-2-9)12(11)7-14(20)16(15)21;1-5(2,3)4;/h1-4,7,13,18-21H,5-6,8H2;1H3,(H,2,3,4);1H2. The van der Waals surface area contributed by atoms with Gasteiger partial charge in [0.15, 0.2) is 11.5 Å². The van der Waals surface area contributed by atoms with Crippen molar-refractivity contribution < 1.29 is 33.8 Å². The molecule has 0 radical (unpaired) electrons. The largest absolute Gasteiger partial charge is 0.508 e. The maximum absolute atomic E-state index is 9.86. The molecule has 0 fully saturated rings. The topological polar surface area (TPSA) is 159 Å². The zero-order chi connectivity index (χ0) is 19.5. The first-order valence-electron chi connectivity index (χ1n) is 7.73. The van der Waals surface area contributed by atoms with E-state index in [2.05, 4.69) is 5.32 Å². The SMILES string of the molecule is CS(=O)(=O)O.O.Oc1ccc(C2CNCCc3c2cc(O)c(O)c3Cl)cc1. The third-order valence-corrected chi connectivity index (χ3v) is 4.33. The Hall–Kier alpha value is -2.04. The van der Waals surface area contributed by atoms with Gasteiger partial charge in [0.25, 0.3) is 10.1 Å². The first-order chi connectivity index (χ1) is 12.1. The molecule has 27 heavy (non-hydrogen) atoms. The third kappa shape index (κ3) is 6.26. The van der Waals surface area contributed by atoms with Crippen LogP contribution in [-0.4, -0.2) is 53.1 Å². The van der Waals surface area contributed by atoms with Gasteiger partial charge in [0.05, 0.1) is 11.3 Å². The smallest absolute Gasteiger partial charge is 0.261 e. The molecule has 10 heteroatoms. The minimum atomic E-state index is -3.67. The molecule has 0 spiro atoms. The molecule has 2 aromatic carbocycles. The molecule has 1 aliphatic rings. The number of phenols is 3. The molecule has 150 valence electrons. The summed E-state index contributed by atoms with van der Waals surface area (Å²) in [7, 11) is -3.67. The van der Waals surface area contributed by atoms with Crippen LogP contribution >= 0.6 is 11.6 Å². The van der Waals surface area contributed by atoms with Gasteiger partial charge in [0, 0.05) is 12.5 Å². The van der Waals surface area contributed by atoms with Gasteiger partial charge in [-0.2, -0.15) is 8.42 Å². The predicted molar refractivity (Wildman–Crippen MR) is 102 cm³/mol. The Kier molecular flexibility index (Phi) is 7.88. The van der Waals surface area contributed by atoms with Crippen molar-refractivity contribution in [1.29, 1.82) is 0 Å². The van der Waals surface area contributed by atoms with Crippen LogP contribution in [0.4, 0.5) is 0 Å². The fourth-order valence-electron chi connectivity index (χ4n) is 2.82. The van der Waals surface area contributed by atoms with Crippen molar-refractivity contribution in [3.8, 4) is 17.2 Å². The fraction of sp³-hybridized carbons (Fsp3) is 0.294. The molecule has 1 atom stereocenters. The number of fused-ring (bicyclic) bond motifs is 1. The first kappa shape index (κ1) is 23.0. The van der Waals surface area contributed by atoms with E-state index in [4.69, 9.17) is 16.2 Å². The highest BCUT2D eigenvalue weighted by Crippen LogP contribution is 2.42. The number of halogens is 1. The van der Waals surface area contributed by atoms with Crippen LogP contribution in [-0.2, 0) is 16.5 Å². The normalized spacial score (nSPS) is 16.2. The monoisotopic (exact) mass is 419 g/mol. The number of nitrogens with one attached hydrogen (secondary N) is 1. The third-order valence-electron chi connectivity index (χ3n) is 3.93. The number of rotatable bonds is 1. The molecule has 1 unspecified atom stereocenters. The average molecular weight is 420 g/mol. The Labute approximate surface area is 162 Å². The Balaban J connectivity index is 0.000000542. The van der Waals surface area contributed by atoms with E-state index in [1.807, 2.05) is 12.1 Å². The Morgan fingerprint density at radius 1 is 1.15 bits per heavy atom. The molecule has 7 N–H and O–H groups in total. The lowest BCUT2D eigenvalue weighted by atomic mass is 9.87. The van der Waals surface area contributed by atoms with E-state index in [1.54, 1.807) is 18.2 Å². The fourth-order valence-corrected chi connectivity index (χ4v) is 3.12. The Morgan fingerprint density at radius 3 is 2.26 bits per heavy atom. The maximum atomic E-state index is 9.86. The molecule has 3 rings (SSSR count). The molecule has 0 aliphatic carbocycles. The highest BCUT2D eigenvalue weighted by Gasteiger charge is 2.25. The van der Waals surface area contributed by atoms with Crippen LogP contribution < -0.4 is 5.32 Å². The average Bonchev–Trinajstić information content (AvgIpc) is 2.75. The van der Waals surface area contributed by atoms with Crippen LogP contribution in [0.2, 0.25) is 5.02 Å². The van der Waals surface area contributed by atoms with Gasteiger partial charge in [0.1, 0.15) is 5.75 Å². The van der Waals surface area contributed by atoms with Crippen LogP contribution in [0, 0.1) is 0 Å². The molecule has 0 bridgehead atoms. The van der Waals surface area contributed by atoms with Crippen molar-refractivity contribution in [1.82, 2.24) is 5.32 Å². The minimum absolute atomic E-state index is 0. The van der Waals surface area contributed by atoms with Gasteiger partial charge in [0.2, 0.25) is 0 Å². The Morgan fingerprint density at radius 2 is 1.70 bits per heavy atom. The van der Waals surface area contributed by atoms with Crippen molar-refractivity contribution in [2.45, 2.75) is 12.3 Å². The van der Waals surface area contributed by atoms with Gasteiger partial charge in [-0.1, -0.05) is 23.7 Å². The van der Waals surface area contributed by atoms with E-state index in [-0.39, 0.29) is 33.7 Å². The van der Waals surface area contributed by atoms with E-state index < -0.39 is 10.1 Å². The van der Waals surface area contributed by atoms with E-state index >= 15 is 0 Å². The summed E-state index contributed by atoms with van der Waals surface area (Å²) in [6, 6.07) is 8.58. The lowest BCUT2D eigenvalue weighted by Gasteiger charge is -2.20.